The molecule has 32 heavy (non-hydrogen) atoms. The van der Waals surface area contributed by atoms with Crippen molar-refractivity contribution in [2.75, 3.05) is 13.2 Å². The Hall–Kier alpha value is -2.98. The van der Waals surface area contributed by atoms with Gasteiger partial charge in [0.05, 0.1) is 6.61 Å². The van der Waals surface area contributed by atoms with Crippen LogP contribution in [0.25, 0.3) is 16.7 Å². The van der Waals surface area contributed by atoms with Gasteiger partial charge >= 0.3 is 5.97 Å². The molecule has 0 aliphatic rings. The minimum Gasteiger partial charge on any atom is -0.490 e. The average molecular weight is 447 g/mol. The Morgan fingerprint density at radius 3 is 2.16 bits per heavy atom. The summed E-state index contributed by atoms with van der Waals surface area (Å²) in [4.78, 5) is 13.1. The third-order valence-electron chi connectivity index (χ3n) is 5.05. The maximum Gasteiger partial charge on any atom is 0.321 e. The fourth-order valence-electron chi connectivity index (χ4n) is 3.18. The largest absolute Gasteiger partial charge is 0.490 e. The molecule has 4 heteroatoms. The van der Waals surface area contributed by atoms with Crippen molar-refractivity contribution in [3.63, 3.8) is 0 Å². The average Bonchev–Trinajstić information content (AvgIpc) is 2.81. The van der Waals surface area contributed by atoms with Crippen LogP contribution in [0.1, 0.15) is 33.3 Å². The van der Waals surface area contributed by atoms with E-state index in [0.29, 0.717) is 13.2 Å². The van der Waals surface area contributed by atoms with E-state index in [4.69, 9.17) is 9.47 Å². The van der Waals surface area contributed by atoms with Crippen LogP contribution in [0, 0.1) is 0 Å². The van der Waals surface area contributed by atoms with Crippen molar-refractivity contribution in [2.45, 2.75) is 37.3 Å². The molecule has 0 amide bonds. The Bertz CT molecular complexity index is 1040. The first-order valence-corrected chi connectivity index (χ1v) is 11.6. The van der Waals surface area contributed by atoms with Gasteiger partial charge in [-0.2, -0.15) is 0 Å². The monoisotopic (exact) mass is 446 g/mol. The highest BCUT2D eigenvalue weighted by atomic mass is 32.2. The molecule has 3 aromatic rings. The van der Waals surface area contributed by atoms with Crippen molar-refractivity contribution in [3.8, 4) is 16.9 Å². The molecule has 0 saturated carbocycles. The van der Waals surface area contributed by atoms with E-state index < -0.39 is 4.75 Å². The first-order chi connectivity index (χ1) is 15.4. The van der Waals surface area contributed by atoms with Gasteiger partial charge in [0.1, 0.15) is 17.1 Å². The molecule has 0 unspecified atom stereocenters. The minimum atomic E-state index is -0.631. The second-order valence-electron chi connectivity index (χ2n) is 7.95. The summed E-state index contributed by atoms with van der Waals surface area (Å²) < 4.78 is 10.4. The second kappa shape index (κ2) is 11.1. The lowest BCUT2D eigenvalue weighted by Crippen LogP contribution is -2.29. The SMILES string of the molecule is CCOC(=O)C(C)(C)Sc1ccc(OCC=C(C)c2ccc(-c3ccccc3)cc2)cc1. The Morgan fingerprint density at radius 1 is 0.906 bits per heavy atom. The van der Waals surface area contributed by atoms with Gasteiger partial charge in [-0.1, -0.05) is 54.6 Å². The fraction of sp³-hybridized carbons (Fsp3) is 0.250. The molecule has 0 bridgehead atoms. The van der Waals surface area contributed by atoms with E-state index >= 15 is 0 Å². The van der Waals surface area contributed by atoms with Crippen LogP contribution < -0.4 is 4.74 Å². The molecule has 0 spiro atoms. The van der Waals surface area contributed by atoms with Gasteiger partial charge in [0.2, 0.25) is 0 Å². The first-order valence-electron chi connectivity index (χ1n) is 10.8. The summed E-state index contributed by atoms with van der Waals surface area (Å²) in [6.45, 7) is 8.55. The van der Waals surface area contributed by atoms with Crippen LogP contribution >= 0.6 is 11.8 Å². The van der Waals surface area contributed by atoms with Crippen LogP contribution in [0.15, 0.2) is 89.8 Å². The minimum absolute atomic E-state index is 0.206. The number of esters is 1. The van der Waals surface area contributed by atoms with Gasteiger partial charge in [-0.05, 0) is 80.3 Å². The van der Waals surface area contributed by atoms with Crippen LogP contribution in [-0.4, -0.2) is 23.9 Å². The molecule has 0 N–H and O–H groups in total. The molecule has 0 atom stereocenters. The van der Waals surface area contributed by atoms with Crippen molar-refractivity contribution in [2.24, 2.45) is 0 Å². The third kappa shape index (κ3) is 6.51. The molecule has 3 rings (SSSR count). The summed E-state index contributed by atoms with van der Waals surface area (Å²) in [5.41, 5.74) is 4.79. The molecular formula is C28H30O3S. The van der Waals surface area contributed by atoms with Crippen molar-refractivity contribution in [3.05, 3.63) is 90.5 Å². The highest BCUT2D eigenvalue weighted by molar-refractivity contribution is 8.01. The van der Waals surface area contributed by atoms with E-state index in [1.807, 2.05) is 51.1 Å². The summed E-state index contributed by atoms with van der Waals surface area (Å²) >= 11 is 1.49. The maximum absolute atomic E-state index is 12.1. The van der Waals surface area contributed by atoms with E-state index in [0.717, 1.165) is 10.6 Å². The molecule has 0 fully saturated rings. The summed E-state index contributed by atoms with van der Waals surface area (Å²) in [5, 5.41) is 0. The van der Waals surface area contributed by atoms with Gasteiger partial charge in [-0.15, -0.1) is 11.8 Å². The lowest BCUT2D eigenvalue weighted by molar-refractivity contribution is -0.145. The van der Waals surface area contributed by atoms with Crippen molar-refractivity contribution in [1.29, 1.82) is 0 Å². The van der Waals surface area contributed by atoms with Crippen molar-refractivity contribution in [1.82, 2.24) is 0 Å². The van der Waals surface area contributed by atoms with Gasteiger partial charge in [-0.25, -0.2) is 0 Å². The van der Waals surface area contributed by atoms with Crippen LogP contribution in [-0.2, 0) is 9.53 Å². The number of thioether (sulfide) groups is 1. The van der Waals surface area contributed by atoms with Gasteiger partial charge < -0.3 is 9.47 Å². The lowest BCUT2D eigenvalue weighted by Gasteiger charge is -2.21. The van der Waals surface area contributed by atoms with E-state index in [-0.39, 0.29) is 5.97 Å². The number of benzene rings is 3. The quantitative estimate of drug-likeness (QED) is 0.256. The predicted molar refractivity (Wildman–Crippen MR) is 134 cm³/mol. The molecule has 0 heterocycles. The third-order valence-corrected chi connectivity index (χ3v) is 6.24. The first kappa shape index (κ1) is 23.7. The standard InChI is InChI=1S/C28H30O3S/c1-5-30-27(29)28(3,4)32-26-17-15-25(16-18-26)31-20-19-21(2)22-11-13-24(14-12-22)23-9-7-6-8-10-23/h6-19H,5,20H2,1-4H3. The zero-order chi connectivity index (χ0) is 23.0. The molecular weight excluding hydrogens is 416 g/mol. The summed E-state index contributed by atoms with van der Waals surface area (Å²) in [6.07, 6.45) is 2.09. The highest BCUT2D eigenvalue weighted by Crippen LogP contribution is 2.34. The molecule has 3 nitrogen and oxygen atoms in total. The van der Waals surface area contributed by atoms with Crippen molar-refractivity contribution >= 4 is 23.3 Å². The number of rotatable bonds is 9. The van der Waals surface area contributed by atoms with E-state index in [1.54, 1.807) is 0 Å². The number of carbonyl (C=O) groups is 1. The topological polar surface area (TPSA) is 35.5 Å². The van der Waals surface area contributed by atoms with Gasteiger partial charge in [0.25, 0.3) is 0 Å². The van der Waals surface area contributed by atoms with Crippen LogP contribution in [0.2, 0.25) is 0 Å². The molecule has 0 radical (unpaired) electrons. The number of carbonyl (C=O) groups excluding carboxylic acids is 1. The number of allylic oxidation sites excluding steroid dienone is 1. The predicted octanol–water partition coefficient (Wildman–Crippen LogP) is 7.27. The molecule has 3 aromatic carbocycles. The Morgan fingerprint density at radius 2 is 1.53 bits per heavy atom. The van der Waals surface area contributed by atoms with Crippen LogP contribution in [0.5, 0.6) is 5.75 Å². The smallest absolute Gasteiger partial charge is 0.321 e. The van der Waals surface area contributed by atoms with Gasteiger partial charge in [-0.3, -0.25) is 4.79 Å². The number of hydrogen-bond acceptors (Lipinski definition) is 4. The second-order valence-corrected chi connectivity index (χ2v) is 9.64. The maximum atomic E-state index is 12.1. The van der Waals surface area contributed by atoms with E-state index in [1.165, 1.54) is 34.0 Å². The zero-order valence-electron chi connectivity index (χ0n) is 19.1. The van der Waals surface area contributed by atoms with Crippen molar-refractivity contribution < 1.29 is 14.3 Å². The van der Waals surface area contributed by atoms with E-state index in [9.17, 15) is 4.79 Å². The zero-order valence-corrected chi connectivity index (χ0v) is 19.9. The molecule has 0 saturated heterocycles. The lowest BCUT2D eigenvalue weighted by atomic mass is 10.0. The summed E-state index contributed by atoms with van der Waals surface area (Å²) in [5.74, 6) is 0.592. The van der Waals surface area contributed by atoms with Gasteiger partial charge in [0, 0.05) is 4.90 Å². The Labute approximate surface area is 195 Å². The normalized spacial score (nSPS) is 11.8. The molecule has 0 aliphatic carbocycles. The number of ether oxygens (including phenoxy) is 2. The fourth-order valence-corrected chi connectivity index (χ4v) is 4.19. The Balaban J connectivity index is 1.54. The van der Waals surface area contributed by atoms with Crippen LogP contribution in [0.3, 0.4) is 0 Å². The highest BCUT2D eigenvalue weighted by Gasteiger charge is 2.30. The van der Waals surface area contributed by atoms with Crippen LogP contribution in [0.4, 0.5) is 0 Å². The molecule has 0 aliphatic heterocycles. The van der Waals surface area contributed by atoms with Gasteiger partial charge in [0.15, 0.2) is 0 Å². The van der Waals surface area contributed by atoms with E-state index in [2.05, 4.69) is 61.5 Å². The molecule has 0 aromatic heterocycles. The summed E-state index contributed by atoms with van der Waals surface area (Å²) in [6, 6.07) is 26.8. The summed E-state index contributed by atoms with van der Waals surface area (Å²) in [7, 11) is 0. The number of hydrogen-bond donors (Lipinski definition) is 0. The Kier molecular flexibility index (Phi) is 8.18. The molecule has 166 valence electrons.